The zero-order valence-electron chi connectivity index (χ0n) is 13.2. The van der Waals surface area contributed by atoms with Crippen molar-refractivity contribution in [1.29, 1.82) is 0 Å². The lowest BCUT2D eigenvalue weighted by Gasteiger charge is -2.09. The van der Waals surface area contributed by atoms with Crippen LogP contribution in [0, 0.1) is 6.92 Å². The van der Waals surface area contributed by atoms with E-state index < -0.39 is 0 Å². The largest absolute Gasteiger partial charge is 0.326 e. The van der Waals surface area contributed by atoms with Gasteiger partial charge in [0, 0.05) is 15.8 Å². The third-order valence-corrected chi connectivity index (χ3v) is 3.92. The number of amides is 2. The van der Waals surface area contributed by atoms with Crippen LogP contribution in [-0.2, 0) is 16.0 Å². The number of carbonyl (C=O) groups excluding carboxylic acids is 2. The molecule has 5 heteroatoms. The molecule has 0 unspecified atom stereocenters. The molecule has 0 aromatic heterocycles. The summed E-state index contributed by atoms with van der Waals surface area (Å²) in [4.78, 5) is 23.9. The number of hydrogen-bond acceptors (Lipinski definition) is 2. The molecular weight excluding hydrogens is 356 g/mol. The Labute approximate surface area is 144 Å². The zero-order chi connectivity index (χ0) is 16.8. The third-order valence-electron chi connectivity index (χ3n) is 3.43. The second-order valence-corrected chi connectivity index (χ2v) is 6.20. The van der Waals surface area contributed by atoms with Gasteiger partial charge in [-0.15, -0.1) is 0 Å². The maximum atomic E-state index is 12.0. The number of hydrogen-bond donors (Lipinski definition) is 2. The molecule has 4 nitrogen and oxygen atoms in total. The smallest absolute Gasteiger partial charge is 0.233 e. The van der Waals surface area contributed by atoms with E-state index in [1.807, 2.05) is 43.3 Å². The van der Waals surface area contributed by atoms with Gasteiger partial charge in [-0.25, -0.2) is 0 Å². The van der Waals surface area contributed by atoms with Crippen molar-refractivity contribution < 1.29 is 9.59 Å². The van der Waals surface area contributed by atoms with Gasteiger partial charge in [-0.05, 0) is 54.8 Å². The Morgan fingerprint density at radius 3 is 2.26 bits per heavy atom. The molecule has 0 aliphatic carbocycles. The molecule has 0 aliphatic heterocycles. The Kier molecular flexibility index (Phi) is 5.93. The minimum Gasteiger partial charge on any atom is -0.326 e. The Bertz CT molecular complexity index is 711. The molecule has 0 heterocycles. The summed E-state index contributed by atoms with van der Waals surface area (Å²) in [6.07, 6.45) is 0.730. The minimum atomic E-state index is -0.335. The van der Waals surface area contributed by atoms with E-state index in [-0.39, 0.29) is 18.2 Å². The van der Waals surface area contributed by atoms with Crippen LogP contribution in [0.2, 0.25) is 0 Å². The molecule has 0 saturated carbocycles. The quantitative estimate of drug-likeness (QED) is 0.766. The van der Waals surface area contributed by atoms with Crippen molar-refractivity contribution in [2.24, 2.45) is 0 Å². The first-order valence-electron chi connectivity index (χ1n) is 7.42. The van der Waals surface area contributed by atoms with Crippen molar-refractivity contribution in [3.05, 3.63) is 58.1 Å². The Balaban J connectivity index is 1.90. The number of benzene rings is 2. The van der Waals surface area contributed by atoms with E-state index in [9.17, 15) is 9.59 Å². The van der Waals surface area contributed by atoms with Crippen LogP contribution in [0.25, 0.3) is 0 Å². The van der Waals surface area contributed by atoms with Crippen molar-refractivity contribution in [3.8, 4) is 0 Å². The normalized spacial score (nSPS) is 10.2. The lowest BCUT2D eigenvalue weighted by atomic mass is 10.1. The van der Waals surface area contributed by atoms with Crippen molar-refractivity contribution in [2.45, 2.75) is 26.7 Å². The van der Waals surface area contributed by atoms with Crippen molar-refractivity contribution in [3.63, 3.8) is 0 Å². The van der Waals surface area contributed by atoms with Gasteiger partial charge in [0.25, 0.3) is 0 Å². The van der Waals surface area contributed by atoms with Crippen LogP contribution in [-0.4, -0.2) is 11.8 Å². The van der Waals surface area contributed by atoms with Gasteiger partial charge in [-0.2, -0.15) is 0 Å². The molecule has 0 saturated heterocycles. The van der Waals surface area contributed by atoms with Gasteiger partial charge in [-0.1, -0.05) is 35.0 Å². The molecule has 0 radical (unpaired) electrons. The summed E-state index contributed by atoms with van der Waals surface area (Å²) in [5.41, 5.74) is 3.54. The molecule has 0 fully saturated rings. The maximum absolute atomic E-state index is 12.0. The van der Waals surface area contributed by atoms with Gasteiger partial charge in [-0.3, -0.25) is 9.59 Å². The van der Waals surface area contributed by atoms with E-state index in [1.165, 1.54) is 5.56 Å². The predicted octanol–water partition coefficient (Wildman–Crippen LogP) is 4.29. The number of anilines is 2. The molecule has 0 spiro atoms. The summed E-state index contributed by atoms with van der Waals surface area (Å²) in [5, 5.41) is 5.48. The van der Waals surface area contributed by atoms with E-state index >= 15 is 0 Å². The Morgan fingerprint density at radius 1 is 1.00 bits per heavy atom. The number of rotatable bonds is 5. The van der Waals surface area contributed by atoms with E-state index in [0.29, 0.717) is 11.4 Å². The summed E-state index contributed by atoms with van der Waals surface area (Å²) in [6.45, 7) is 3.97. The average Bonchev–Trinajstić information content (AvgIpc) is 2.50. The minimum absolute atomic E-state index is 0.217. The molecule has 0 atom stereocenters. The van der Waals surface area contributed by atoms with Crippen LogP contribution in [0.1, 0.15) is 24.5 Å². The second kappa shape index (κ2) is 7.92. The monoisotopic (exact) mass is 374 g/mol. The van der Waals surface area contributed by atoms with Crippen molar-refractivity contribution >= 4 is 39.1 Å². The van der Waals surface area contributed by atoms with Crippen LogP contribution < -0.4 is 10.6 Å². The average molecular weight is 375 g/mol. The van der Waals surface area contributed by atoms with E-state index in [1.54, 1.807) is 6.07 Å². The van der Waals surface area contributed by atoms with Gasteiger partial charge in [0.1, 0.15) is 6.42 Å². The van der Waals surface area contributed by atoms with Crippen LogP contribution in [0.15, 0.2) is 46.9 Å². The molecule has 2 rings (SSSR count). The van der Waals surface area contributed by atoms with E-state index in [0.717, 1.165) is 16.5 Å². The van der Waals surface area contributed by atoms with Gasteiger partial charge < -0.3 is 10.6 Å². The van der Waals surface area contributed by atoms with Gasteiger partial charge in [0.05, 0.1) is 0 Å². The first-order chi connectivity index (χ1) is 11.0. The zero-order valence-corrected chi connectivity index (χ0v) is 14.7. The van der Waals surface area contributed by atoms with E-state index in [4.69, 9.17) is 0 Å². The summed E-state index contributed by atoms with van der Waals surface area (Å²) in [6, 6.07) is 13.2. The van der Waals surface area contributed by atoms with E-state index in [2.05, 4.69) is 33.5 Å². The summed E-state index contributed by atoms with van der Waals surface area (Å²) >= 11 is 3.37. The number of aryl methyl sites for hydroxylation is 2. The molecule has 23 heavy (non-hydrogen) atoms. The number of halogens is 1. The predicted molar refractivity (Wildman–Crippen MR) is 96.6 cm³/mol. The summed E-state index contributed by atoms with van der Waals surface area (Å²) < 4.78 is 0.946. The number of carbonyl (C=O) groups is 2. The fourth-order valence-corrected chi connectivity index (χ4v) is 2.61. The molecular formula is C18H19BrN2O2. The Hall–Kier alpha value is -2.14. The van der Waals surface area contributed by atoms with Crippen LogP contribution >= 0.6 is 15.9 Å². The standard InChI is InChI=1S/C18H19BrN2O2/c1-3-13-4-7-15(8-5-13)20-17(22)11-18(23)21-16-9-6-14(19)10-12(16)2/h4-10H,3,11H2,1-2H3,(H,20,22)(H,21,23). The molecule has 0 bridgehead atoms. The lowest BCUT2D eigenvalue weighted by Crippen LogP contribution is -2.21. The van der Waals surface area contributed by atoms with Crippen molar-refractivity contribution in [2.75, 3.05) is 10.6 Å². The lowest BCUT2D eigenvalue weighted by molar-refractivity contribution is -0.123. The number of nitrogens with one attached hydrogen (secondary N) is 2. The maximum Gasteiger partial charge on any atom is 0.233 e. The highest BCUT2D eigenvalue weighted by atomic mass is 79.9. The first-order valence-corrected chi connectivity index (χ1v) is 8.22. The van der Waals surface area contributed by atoms with Crippen LogP contribution in [0.4, 0.5) is 11.4 Å². The summed E-state index contributed by atoms with van der Waals surface area (Å²) in [5.74, 6) is -0.667. The fourth-order valence-electron chi connectivity index (χ4n) is 2.14. The highest BCUT2D eigenvalue weighted by Crippen LogP contribution is 2.20. The molecule has 2 aromatic rings. The van der Waals surface area contributed by atoms with Gasteiger partial charge in [0.2, 0.25) is 11.8 Å². The molecule has 0 aliphatic rings. The van der Waals surface area contributed by atoms with Gasteiger partial charge >= 0.3 is 0 Å². The molecule has 2 N–H and O–H groups in total. The Morgan fingerprint density at radius 2 is 1.65 bits per heavy atom. The highest BCUT2D eigenvalue weighted by Gasteiger charge is 2.11. The topological polar surface area (TPSA) is 58.2 Å². The second-order valence-electron chi connectivity index (χ2n) is 5.28. The van der Waals surface area contributed by atoms with Gasteiger partial charge in [0.15, 0.2) is 0 Å². The third kappa shape index (κ3) is 5.21. The molecule has 2 amide bonds. The van der Waals surface area contributed by atoms with Crippen LogP contribution in [0.3, 0.4) is 0 Å². The fraction of sp³-hybridized carbons (Fsp3) is 0.222. The highest BCUT2D eigenvalue weighted by molar-refractivity contribution is 9.10. The SMILES string of the molecule is CCc1ccc(NC(=O)CC(=O)Nc2ccc(Br)cc2C)cc1. The first kappa shape index (κ1) is 17.2. The molecule has 2 aromatic carbocycles. The van der Waals surface area contributed by atoms with Crippen LogP contribution in [0.5, 0.6) is 0 Å². The van der Waals surface area contributed by atoms with Crippen molar-refractivity contribution in [1.82, 2.24) is 0 Å². The molecule has 120 valence electrons. The summed E-state index contributed by atoms with van der Waals surface area (Å²) in [7, 11) is 0.